The van der Waals surface area contributed by atoms with Crippen molar-refractivity contribution in [1.29, 1.82) is 0 Å². The van der Waals surface area contributed by atoms with Crippen LogP contribution in [-0.2, 0) is 10.0 Å². The first-order valence-corrected chi connectivity index (χ1v) is 6.86. The average Bonchev–Trinajstić information content (AvgIpc) is 2.14. The number of hydrogen-bond donors (Lipinski definition) is 0. The molecular formula is C8H6ClIN2O2S. The summed E-state index contributed by atoms with van der Waals surface area (Å²) in [6.07, 6.45) is 0. The van der Waals surface area contributed by atoms with Crippen molar-refractivity contribution in [2.24, 2.45) is 4.40 Å². The fourth-order valence-corrected chi connectivity index (χ4v) is 3.89. The van der Waals surface area contributed by atoms with Gasteiger partial charge in [0.25, 0.3) is 10.0 Å². The predicted octanol–water partition coefficient (Wildman–Crippen LogP) is 2.02. The van der Waals surface area contributed by atoms with Crippen molar-refractivity contribution < 1.29 is 8.42 Å². The van der Waals surface area contributed by atoms with E-state index in [-0.39, 0.29) is 10.2 Å². The molecule has 0 aliphatic carbocycles. The molecule has 80 valence electrons. The Bertz CT molecular complexity index is 556. The summed E-state index contributed by atoms with van der Waals surface area (Å²) in [6.45, 7) is 0. The van der Waals surface area contributed by atoms with Gasteiger partial charge < -0.3 is 4.90 Å². The Morgan fingerprint density at radius 2 is 2.13 bits per heavy atom. The first-order chi connectivity index (χ1) is 6.93. The molecule has 1 aromatic carbocycles. The first kappa shape index (κ1) is 11.2. The highest BCUT2D eigenvalue weighted by Crippen LogP contribution is 2.34. The van der Waals surface area contributed by atoms with Crippen LogP contribution in [0.5, 0.6) is 0 Å². The van der Waals surface area contributed by atoms with Crippen LogP contribution < -0.4 is 4.90 Å². The average molecular weight is 357 g/mol. The second kappa shape index (κ2) is 3.60. The number of benzene rings is 1. The van der Waals surface area contributed by atoms with Gasteiger partial charge in [-0.05, 0) is 46.3 Å². The molecule has 1 aromatic rings. The maximum absolute atomic E-state index is 11.7. The highest BCUT2D eigenvalue weighted by atomic mass is 127. The summed E-state index contributed by atoms with van der Waals surface area (Å²) in [4.78, 5) is 1.75. The van der Waals surface area contributed by atoms with Crippen LogP contribution in [-0.4, -0.2) is 20.8 Å². The molecule has 0 saturated carbocycles. The van der Waals surface area contributed by atoms with E-state index in [1.54, 1.807) is 18.0 Å². The third-order valence-corrected chi connectivity index (χ3v) is 4.64. The van der Waals surface area contributed by atoms with E-state index in [0.29, 0.717) is 5.69 Å². The molecule has 0 N–H and O–H groups in total. The SMILES string of the molecule is CN1C(Cl)=NS(=O)(=O)c2cccc(I)c21. The van der Waals surface area contributed by atoms with Gasteiger partial charge in [0.2, 0.25) is 5.29 Å². The van der Waals surface area contributed by atoms with Crippen LogP contribution in [0.15, 0.2) is 27.5 Å². The number of sulfonamides is 1. The van der Waals surface area contributed by atoms with Crippen LogP contribution in [0.3, 0.4) is 0 Å². The molecule has 0 atom stereocenters. The van der Waals surface area contributed by atoms with Crippen molar-refractivity contribution in [3.05, 3.63) is 21.8 Å². The lowest BCUT2D eigenvalue weighted by atomic mass is 10.3. The lowest BCUT2D eigenvalue weighted by Gasteiger charge is -2.24. The maximum Gasteiger partial charge on any atom is 0.287 e. The lowest BCUT2D eigenvalue weighted by molar-refractivity contribution is 0.597. The van der Waals surface area contributed by atoms with E-state index in [4.69, 9.17) is 11.6 Å². The van der Waals surface area contributed by atoms with Gasteiger partial charge >= 0.3 is 0 Å². The standard InChI is InChI=1S/C8H6ClIN2O2S/c1-12-7-5(10)3-2-4-6(7)15(13,14)11-8(12)9/h2-4H,1H3. The maximum atomic E-state index is 11.7. The third kappa shape index (κ3) is 1.74. The Labute approximate surface area is 106 Å². The van der Waals surface area contributed by atoms with Crippen molar-refractivity contribution in [1.82, 2.24) is 0 Å². The molecule has 1 heterocycles. The van der Waals surface area contributed by atoms with Gasteiger partial charge in [-0.2, -0.15) is 8.42 Å². The third-order valence-electron chi connectivity index (χ3n) is 2.04. The Morgan fingerprint density at radius 1 is 1.47 bits per heavy atom. The predicted molar refractivity (Wildman–Crippen MR) is 68.0 cm³/mol. The zero-order valence-electron chi connectivity index (χ0n) is 7.61. The minimum Gasteiger partial charge on any atom is -0.317 e. The summed E-state index contributed by atoms with van der Waals surface area (Å²) < 4.78 is 27.6. The number of halogens is 2. The molecule has 0 amide bonds. The fraction of sp³-hybridized carbons (Fsp3) is 0.125. The van der Waals surface area contributed by atoms with Gasteiger partial charge in [0.1, 0.15) is 4.90 Å². The molecule has 0 fully saturated rings. The molecule has 4 nitrogen and oxygen atoms in total. The van der Waals surface area contributed by atoms with Crippen LogP contribution >= 0.6 is 34.2 Å². The van der Waals surface area contributed by atoms with E-state index in [2.05, 4.69) is 27.0 Å². The molecule has 0 bridgehead atoms. The molecule has 0 spiro atoms. The van der Waals surface area contributed by atoms with Crippen molar-refractivity contribution in [3.63, 3.8) is 0 Å². The zero-order chi connectivity index (χ0) is 11.2. The van der Waals surface area contributed by atoms with Crippen LogP contribution in [0.4, 0.5) is 5.69 Å². The minimum atomic E-state index is -3.64. The van der Waals surface area contributed by atoms with E-state index >= 15 is 0 Å². The number of fused-ring (bicyclic) bond motifs is 1. The smallest absolute Gasteiger partial charge is 0.287 e. The van der Waals surface area contributed by atoms with Crippen molar-refractivity contribution in [2.45, 2.75) is 4.90 Å². The molecular weight excluding hydrogens is 351 g/mol. The van der Waals surface area contributed by atoms with Crippen LogP contribution in [0.1, 0.15) is 0 Å². The van der Waals surface area contributed by atoms with Crippen molar-refractivity contribution >= 4 is 55.2 Å². The van der Waals surface area contributed by atoms with E-state index in [0.717, 1.165) is 3.57 Å². The topological polar surface area (TPSA) is 49.7 Å². The normalized spacial score (nSPS) is 18.3. The number of anilines is 1. The molecule has 1 aliphatic rings. The molecule has 2 rings (SSSR count). The van der Waals surface area contributed by atoms with Gasteiger partial charge in [0.15, 0.2) is 0 Å². The number of nitrogens with zero attached hydrogens (tertiary/aromatic N) is 2. The summed E-state index contributed by atoms with van der Waals surface area (Å²) in [6, 6.07) is 5.03. The van der Waals surface area contributed by atoms with Gasteiger partial charge in [-0.1, -0.05) is 6.07 Å². The van der Waals surface area contributed by atoms with Crippen LogP contribution in [0, 0.1) is 3.57 Å². The second-order valence-electron chi connectivity index (χ2n) is 2.98. The Hall–Kier alpha value is -0.340. The molecule has 0 aromatic heterocycles. The lowest BCUT2D eigenvalue weighted by Crippen LogP contribution is -2.29. The minimum absolute atomic E-state index is 0.0355. The van der Waals surface area contributed by atoms with Crippen LogP contribution in [0.2, 0.25) is 0 Å². The summed E-state index contributed by atoms with van der Waals surface area (Å²) in [5.41, 5.74) is 0.582. The quantitative estimate of drug-likeness (QED) is 0.528. The van der Waals surface area contributed by atoms with Gasteiger partial charge in [-0.3, -0.25) is 0 Å². The molecule has 0 saturated heterocycles. The summed E-state index contributed by atoms with van der Waals surface area (Å²) >= 11 is 7.81. The fourth-order valence-electron chi connectivity index (χ4n) is 1.33. The number of para-hydroxylation sites is 1. The van der Waals surface area contributed by atoms with Crippen molar-refractivity contribution in [3.8, 4) is 0 Å². The Balaban J connectivity index is 2.84. The second-order valence-corrected chi connectivity index (χ2v) is 6.05. The van der Waals surface area contributed by atoms with E-state index < -0.39 is 10.0 Å². The molecule has 0 radical (unpaired) electrons. The molecule has 1 aliphatic heterocycles. The zero-order valence-corrected chi connectivity index (χ0v) is 11.3. The first-order valence-electron chi connectivity index (χ1n) is 3.96. The number of rotatable bonds is 0. The highest BCUT2D eigenvalue weighted by molar-refractivity contribution is 14.1. The molecule has 0 unspecified atom stereocenters. The van der Waals surface area contributed by atoms with Gasteiger partial charge in [-0.15, -0.1) is 4.40 Å². The monoisotopic (exact) mass is 356 g/mol. The Morgan fingerprint density at radius 3 is 2.80 bits per heavy atom. The summed E-state index contributed by atoms with van der Waals surface area (Å²) in [7, 11) is -1.96. The van der Waals surface area contributed by atoms with E-state index in [1.165, 1.54) is 6.07 Å². The largest absolute Gasteiger partial charge is 0.317 e. The molecule has 15 heavy (non-hydrogen) atoms. The van der Waals surface area contributed by atoms with Gasteiger partial charge in [0, 0.05) is 10.6 Å². The number of amidine groups is 1. The Kier molecular flexibility index (Phi) is 2.68. The summed E-state index contributed by atoms with van der Waals surface area (Å²) in [5, 5.41) is -0.0355. The van der Waals surface area contributed by atoms with Crippen molar-refractivity contribution in [2.75, 3.05) is 11.9 Å². The van der Waals surface area contributed by atoms with E-state index in [1.807, 2.05) is 6.07 Å². The van der Waals surface area contributed by atoms with E-state index in [9.17, 15) is 8.42 Å². The van der Waals surface area contributed by atoms with Gasteiger partial charge in [0.05, 0.1) is 5.69 Å². The highest BCUT2D eigenvalue weighted by Gasteiger charge is 2.29. The van der Waals surface area contributed by atoms with Crippen LogP contribution in [0.25, 0.3) is 0 Å². The number of hydrogen-bond acceptors (Lipinski definition) is 3. The van der Waals surface area contributed by atoms with Gasteiger partial charge in [-0.25, -0.2) is 0 Å². The summed E-state index contributed by atoms with van der Waals surface area (Å²) in [5.74, 6) is 0. The molecule has 7 heteroatoms.